The normalized spacial score (nSPS) is 22.8. The fourth-order valence-electron chi connectivity index (χ4n) is 7.20. The van der Waals surface area contributed by atoms with Crippen molar-refractivity contribution in [3.63, 3.8) is 0 Å². The minimum atomic E-state index is -0.709. The zero-order valence-electron chi connectivity index (χ0n) is 27.5. The molecule has 10 nitrogen and oxygen atoms in total. The monoisotopic (exact) mass is 632 g/mol. The first-order chi connectivity index (χ1) is 22.4. The van der Waals surface area contributed by atoms with Crippen LogP contribution in [0.5, 0.6) is 5.75 Å². The van der Waals surface area contributed by atoms with Gasteiger partial charge in [0.15, 0.2) is 0 Å². The van der Waals surface area contributed by atoms with Crippen LogP contribution in [-0.4, -0.2) is 115 Å². The number of hydrogen-bond acceptors (Lipinski definition) is 6. The molecule has 0 bridgehead atoms. The molecule has 250 valence electrons. The number of benzene rings is 1. The quantitative estimate of drug-likeness (QED) is 0.427. The van der Waals surface area contributed by atoms with E-state index in [1.54, 1.807) is 7.11 Å². The van der Waals surface area contributed by atoms with Gasteiger partial charge in [-0.1, -0.05) is 37.3 Å². The Morgan fingerprint density at radius 3 is 2.24 bits per heavy atom. The van der Waals surface area contributed by atoms with E-state index in [-0.39, 0.29) is 30.3 Å². The number of likely N-dealkylation sites (tertiary alicyclic amines) is 3. The molecule has 0 aromatic heterocycles. The average Bonchev–Trinajstić information content (AvgIpc) is 3.11. The van der Waals surface area contributed by atoms with Crippen molar-refractivity contribution in [1.82, 2.24) is 30.2 Å². The van der Waals surface area contributed by atoms with Gasteiger partial charge in [-0.2, -0.15) is 0 Å². The molecule has 5 rings (SSSR count). The molecule has 3 fully saturated rings. The molecule has 4 aliphatic rings. The lowest BCUT2D eigenvalue weighted by Gasteiger charge is -2.41. The molecule has 0 aliphatic carbocycles. The smallest absolute Gasteiger partial charge is 0.317 e. The molecule has 10 heteroatoms. The number of allylic oxidation sites excluding steroid dienone is 2. The van der Waals surface area contributed by atoms with Crippen LogP contribution in [0.25, 0.3) is 5.70 Å². The van der Waals surface area contributed by atoms with Crippen molar-refractivity contribution < 1.29 is 19.1 Å². The molecular weight excluding hydrogens is 580 g/mol. The maximum absolute atomic E-state index is 14.0. The van der Waals surface area contributed by atoms with E-state index in [0.29, 0.717) is 63.8 Å². The zero-order chi connectivity index (χ0) is 32.3. The number of ether oxygens (including phenoxy) is 1. The van der Waals surface area contributed by atoms with Crippen LogP contribution < -0.4 is 15.4 Å². The van der Waals surface area contributed by atoms with Crippen LogP contribution >= 0.6 is 0 Å². The molecule has 46 heavy (non-hydrogen) atoms. The highest BCUT2D eigenvalue weighted by Crippen LogP contribution is 2.24. The van der Waals surface area contributed by atoms with Gasteiger partial charge in [0.05, 0.1) is 13.5 Å². The first-order valence-electron chi connectivity index (χ1n) is 17.2. The second-order valence-corrected chi connectivity index (χ2v) is 12.9. The van der Waals surface area contributed by atoms with E-state index in [1.807, 2.05) is 57.2 Å². The number of carbonyl (C=O) groups excluding carboxylic acids is 3. The Kier molecular flexibility index (Phi) is 12.2. The molecule has 4 aliphatic heterocycles. The third-order valence-corrected chi connectivity index (χ3v) is 9.96. The minimum absolute atomic E-state index is 0.0404. The maximum atomic E-state index is 14.0. The number of nitrogens with one attached hydrogen (secondary N) is 2. The van der Waals surface area contributed by atoms with Crippen molar-refractivity contribution in [3.8, 4) is 5.75 Å². The third-order valence-electron chi connectivity index (χ3n) is 9.96. The predicted octanol–water partition coefficient (Wildman–Crippen LogP) is 4.01. The molecule has 3 saturated heterocycles. The van der Waals surface area contributed by atoms with E-state index in [9.17, 15) is 14.4 Å². The highest BCUT2D eigenvalue weighted by atomic mass is 16.5. The van der Waals surface area contributed by atoms with Gasteiger partial charge >= 0.3 is 6.03 Å². The molecule has 1 aromatic carbocycles. The summed E-state index contributed by atoms with van der Waals surface area (Å²) >= 11 is 0. The molecule has 0 radical (unpaired) electrons. The van der Waals surface area contributed by atoms with Crippen LogP contribution in [0.1, 0.15) is 63.4 Å². The lowest BCUT2D eigenvalue weighted by atomic mass is 9.98. The maximum Gasteiger partial charge on any atom is 0.317 e. The van der Waals surface area contributed by atoms with Crippen molar-refractivity contribution in [2.45, 2.75) is 75.9 Å². The van der Waals surface area contributed by atoms with E-state index in [1.165, 1.54) is 19.3 Å². The molecule has 1 aromatic rings. The Morgan fingerprint density at radius 1 is 0.891 bits per heavy atom. The first-order valence-corrected chi connectivity index (χ1v) is 17.2. The summed E-state index contributed by atoms with van der Waals surface area (Å²) in [6, 6.07) is 7.38. The van der Waals surface area contributed by atoms with Crippen molar-refractivity contribution in [2.24, 2.45) is 0 Å². The summed E-state index contributed by atoms with van der Waals surface area (Å²) in [6.45, 7) is 10.2. The minimum Gasteiger partial charge on any atom is -0.497 e. The summed E-state index contributed by atoms with van der Waals surface area (Å²) in [7, 11) is 1.63. The van der Waals surface area contributed by atoms with Gasteiger partial charge in [-0.25, -0.2) is 4.79 Å². The Bertz CT molecular complexity index is 1240. The van der Waals surface area contributed by atoms with Crippen LogP contribution in [0.15, 0.2) is 55.1 Å². The molecule has 4 heterocycles. The summed E-state index contributed by atoms with van der Waals surface area (Å²) in [5.41, 5.74) is 1.45. The summed E-state index contributed by atoms with van der Waals surface area (Å²) in [5, 5.41) is 6.33. The lowest BCUT2D eigenvalue weighted by molar-refractivity contribution is -0.140. The van der Waals surface area contributed by atoms with Gasteiger partial charge in [0.25, 0.3) is 0 Å². The highest BCUT2D eigenvalue weighted by molar-refractivity contribution is 5.90. The van der Waals surface area contributed by atoms with Crippen LogP contribution in [0, 0.1) is 0 Å². The molecule has 4 amide bonds. The van der Waals surface area contributed by atoms with E-state index in [0.717, 1.165) is 43.7 Å². The van der Waals surface area contributed by atoms with Gasteiger partial charge in [0, 0.05) is 57.0 Å². The number of carbonyl (C=O) groups is 3. The van der Waals surface area contributed by atoms with E-state index >= 15 is 0 Å². The molecule has 2 N–H and O–H groups in total. The van der Waals surface area contributed by atoms with E-state index in [2.05, 4.69) is 28.2 Å². The predicted molar refractivity (Wildman–Crippen MR) is 181 cm³/mol. The molecular formula is C36H52N6O4. The molecule has 1 atom stereocenters. The summed E-state index contributed by atoms with van der Waals surface area (Å²) in [5.74, 6) is 0.654. The van der Waals surface area contributed by atoms with Gasteiger partial charge in [0.2, 0.25) is 11.8 Å². The van der Waals surface area contributed by atoms with Gasteiger partial charge in [-0.15, -0.1) is 0 Å². The van der Waals surface area contributed by atoms with E-state index in [4.69, 9.17) is 4.74 Å². The summed E-state index contributed by atoms with van der Waals surface area (Å²) < 4.78 is 5.30. The van der Waals surface area contributed by atoms with Gasteiger partial charge in [-0.3, -0.25) is 9.59 Å². The Hall–Kier alpha value is -3.79. The second-order valence-electron chi connectivity index (χ2n) is 12.9. The van der Waals surface area contributed by atoms with Crippen molar-refractivity contribution >= 4 is 23.5 Å². The van der Waals surface area contributed by atoms with Crippen LogP contribution in [0.3, 0.4) is 0 Å². The average molecular weight is 633 g/mol. The van der Waals surface area contributed by atoms with E-state index < -0.39 is 6.04 Å². The van der Waals surface area contributed by atoms with Gasteiger partial charge in [0.1, 0.15) is 11.8 Å². The van der Waals surface area contributed by atoms with Crippen molar-refractivity contribution in [3.05, 3.63) is 60.7 Å². The summed E-state index contributed by atoms with van der Waals surface area (Å²) in [6.07, 6.45) is 16.0. The van der Waals surface area contributed by atoms with Crippen LogP contribution in [-0.2, 0) is 9.59 Å². The number of nitrogens with zero attached hydrogens (tertiary/aromatic N) is 4. The topological polar surface area (TPSA) is 97.5 Å². The Morgan fingerprint density at radius 2 is 1.54 bits per heavy atom. The lowest BCUT2D eigenvalue weighted by Crippen LogP contribution is -2.54. The van der Waals surface area contributed by atoms with Crippen molar-refractivity contribution in [1.29, 1.82) is 0 Å². The largest absolute Gasteiger partial charge is 0.497 e. The fraction of sp³-hybridized carbons (Fsp3) is 0.583. The molecule has 0 spiro atoms. The van der Waals surface area contributed by atoms with Crippen molar-refractivity contribution in [2.75, 3.05) is 59.5 Å². The standard InChI is InChI=1S/C36H52N6O4/c1-28(29-11-13-32(46-2)14-12-29)38-33(35(44)41-25-15-30(16-26-41)39-20-8-6-9-21-39)27-34(43)40-23-17-31(18-24-40)42-22-10-5-3-4-7-19-37-36(42)45/h3-5,7,11-14,30-31,33,38H,1,6,8-10,15-27H2,2H3,(H,37,45)/b5-3-,7-4-/t33-/m0/s1. The summed E-state index contributed by atoms with van der Waals surface area (Å²) in [4.78, 5) is 49.0. The fourth-order valence-corrected chi connectivity index (χ4v) is 7.20. The van der Waals surface area contributed by atoms with Gasteiger partial charge in [-0.05, 0) is 87.9 Å². The Labute approximate surface area is 274 Å². The second kappa shape index (κ2) is 16.7. The Balaban J connectivity index is 1.21. The van der Waals surface area contributed by atoms with Crippen LogP contribution in [0.4, 0.5) is 4.79 Å². The molecule has 0 saturated carbocycles. The number of rotatable bonds is 9. The molecule has 0 unspecified atom stereocenters. The van der Waals surface area contributed by atoms with Crippen LogP contribution in [0.2, 0.25) is 0 Å². The number of amides is 4. The van der Waals surface area contributed by atoms with Gasteiger partial charge < -0.3 is 35.0 Å². The first kappa shape index (κ1) is 33.6. The highest BCUT2D eigenvalue weighted by Gasteiger charge is 2.35. The number of urea groups is 1. The number of hydrogen-bond donors (Lipinski definition) is 2. The SMILES string of the molecule is C=C(N[C@@H](CC(=O)N1CCC(N2CC/C=C\C=C/CNC2=O)CC1)C(=O)N1CCC(N2CCCCC2)CC1)c1ccc(OC)cc1. The third kappa shape index (κ3) is 8.93. The number of methoxy groups -OCH3 is 1. The number of piperidine rings is 3. The zero-order valence-corrected chi connectivity index (χ0v) is 27.5.